The van der Waals surface area contributed by atoms with Crippen LogP contribution in [0, 0.1) is 71.0 Å². The molecular formula is C56H88. The largest absolute Gasteiger partial charge is 0.0654 e. The van der Waals surface area contributed by atoms with Crippen molar-refractivity contribution in [1.82, 2.24) is 0 Å². The van der Waals surface area contributed by atoms with E-state index in [0.717, 1.165) is 82.9 Å². The molecule has 0 heterocycles. The van der Waals surface area contributed by atoms with Crippen LogP contribution in [-0.4, -0.2) is 0 Å². The molecule has 0 spiro atoms. The van der Waals surface area contributed by atoms with Crippen LogP contribution in [0.5, 0.6) is 0 Å². The molecule has 2 aromatic carbocycles. The molecule has 312 valence electrons. The number of rotatable bonds is 14. The fourth-order valence-corrected chi connectivity index (χ4v) is 15.1. The molecule has 5 aliphatic rings. The standard InChI is InChI=1S/C56H88/c1-7-12-41-17-23-44(24-18-41)45-28-30-47(31-29-45)50-33-27-43(11-5)55(35-50)53-37-52(48-25-19-42(13-8-2)20-26-48)38-54(39(53)6)56-36-51(34-32-49(56)14-9-3)46-21-15-40(10-4)16-22-46/h17-20,23-26,39-40,43,45-47,49-56H,7-16,21-22,27-38H2,1-6H3. The molecule has 5 fully saturated rings. The van der Waals surface area contributed by atoms with E-state index in [1.54, 1.807) is 48.8 Å². The second-order valence-electron chi connectivity index (χ2n) is 21.3. The number of hydrogen-bond acceptors (Lipinski definition) is 0. The summed E-state index contributed by atoms with van der Waals surface area (Å²) in [6, 6.07) is 20.1. The van der Waals surface area contributed by atoms with E-state index in [0.29, 0.717) is 0 Å². The normalized spacial score (nSPS) is 38.3. The third kappa shape index (κ3) is 10.1. The van der Waals surface area contributed by atoms with Crippen molar-refractivity contribution in [3.8, 4) is 0 Å². The second-order valence-corrected chi connectivity index (χ2v) is 21.3. The Balaban J connectivity index is 1.11. The summed E-state index contributed by atoms with van der Waals surface area (Å²) in [5.74, 6) is 13.1. The first-order valence-corrected chi connectivity index (χ1v) is 25.6. The molecule has 0 amide bonds. The molecule has 0 saturated heterocycles. The van der Waals surface area contributed by atoms with Crippen LogP contribution < -0.4 is 0 Å². The highest BCUT2D eigenvalue weighted by Gasteiger charge is 2.49. The predicted octanol–water partition coefficient (Wildman–Crippen LogP) is 16.8. The van der Waals surface area contributed by atoms with Crippen molar-refractivity contribution in [2.24, 2.45) is 71.0 Å². The van der Waals surface area contributed by atoms with E-state index in [9.17, 15) is 0 Å². The van der Waals surface area contributed by atoms with Crippen molar-refractivity contribution in [1.29, 1.82) is 0 Å². The van der Waals surface area contributed by atoms with Crippen LogP contribution in [0.25, 0.3) is 0 Å². The van der Waals surface area contributed by atoms with Crippen LogP contribution in [0.15, 0.2) is 48.5 Å². The monoisotopic (exact) mass is 761 g/mol. The van der Waals surface area contributed by atoms with Crippen LogP contribution in [0.4, 0.5) is 0 Å². The van der Waals surface area contributed by atoms with Crippen LogP contribution in [-0.2, 0) is 12.8 Å². The van der Waals surface area contributed by atoms with E-state index in [1.807, 2.05) is 0 Å². The van der Waals surface area contributed by atoms with Gasteiger partial charge in [0, 0.05) is 0 Å². The first kappa shape index (κ1) is 42.6. The summed E-state index contributed by atoms with van der Waals surface area (Å²) in [5.41, 5.74) is 6.41. The minimum atomic E-state index is 0.761. The SMILES string of the molecule is CCCc1ccc(C2CCC(C3CCC(CC)C(C4CC(c5ccc(CCC)cc5)CC(C5CC(C6CCC(CC)CC6)CCC5CCC)C4C)C3)CC2)cc1. The lowest BCUT2D eigenvalue weighted by Crippen LogP contribution is -2.45. The minimum absolute atomic E-state index is 0.761. The maximum atomic E-state index is 2.84. The highest BCUT2D eigenvalue weighted by molar-refractivity contribution is 5.27. The average Bonchev–Trinajstić information content (AvgIpc) is 3.25. The average molecular weight is 761 g/mol. The summed E-state index contributed by atoms with van der Waals surface area (Å²) in [7, 11) is 0. The van der Waals surface area contributed by atoms with Gasteiger partial charge < -0.3 is 0 Å². The van der Waals surface area contributed by atoms with E-state index in [1.165, 1.54) is 128 Å². The van der Waals surface area contributed by atoms with Gasteiger partial charge in [0.1, 0.15) is 0 Å². The van der Waals surface area contributed by atoms with Crippen LogP contribution in [0.2, 0.25) is 0 Å². The zero-order valence-electron chi connectivity index (χ0n) is 37.7. The van der Waals surface area contributed by atoms with Gasteiger partial charge in [0.05, 0.1) is 0 Å². The Kier molecular flexibility index (Phi) is 15.7. The fraction of sp³-hybridized carbons (Fsp3) is 0.786. The van der Waals surface area contributed by atoms with Gasteiger partial charge in [-0.15, -0.1) is 0 Å². The van der Waals surface area contributed by atoms with Gasteiger partial charge in [-0.2, -0.15) is 0 Å². The molecule has 5 saturated carbocycles. The Morgan fingerprint density at radius 3 is 1.36 bits per heavy atom. The topological polar surface area (TPSA) is 0 Å². The molecule has 0 bridgehead atoms. The first-order chi connectivity index (χ1) is 27.4. The van der Waals surface area contributed by atoms with E-state index in [4.69, 9.17) is 0 Å². The van der Waals surface area contributed by atoms with E-state index < -0.39 is 0 Å². The smallest absolute Gasteiger partial charge is 0.0156 e. The van der Waals surface area contributed by atoms with Gasteiger partial charge in [-0.05, 0) is 208 Å². The summed E-state index contributed by atoms with van der Waals surface area (Å²) in [4.78, 5) is 0. The highest BCUT2D eigenvalue weighted by atomic mass is 14.5. The molecule has 10 unspecified atom stereocenters. The summed E-state index contributed by atoms with van der Waals surface area (Å²) in [6.07, 6.45) is 34.8. The maximum absolute atomic E-state index is 2.84. The van der Waals surface area contributed by atoms with Crippen molar-refractivity contribution >= 4 is 0 Å². The van der Waals surface area contributed by atoms with Gasteiger partial charge in [-0.1, -0.05) is 141 Å². The predicted molar refractivity (Wildman–Crippen MR) is 243 cm³/mol. The molecule has 7 rings (SSSR count). The maximum Gasteiger partial charge on any atom is -0.0156 e. The highest BCUT2D eigenvalue weighted by Crippen LogP contribution is 2.58. The van der Waals surface area contributed by atoms with E-state index >= 15 is 0 Å². The Bertz CT molecular complexity index is 1400. The van der Waals surface area contributed by atoms with Gasteiger partial charge in [0.2, 0.25) is 0 Å². The van der Waals surface area contributed by atoms with Crippen LogP contribution >= 0.6 is 0 Å². The molecule has 2 aromatic rings. The van der Waals surface area contributed by atoms with E-state index in [-0.39, 0.29) is 0 Å². The summed E-state index contributed by atoms with van der Waals surface area (Å²) in [6.45, 7) is 15.0. The number of aryl methyl sites for hydroxylation is 2. The molecule has 0 aromatic heterocycles. The van der Waals surface area contributed by atoms with Gasteiger partial charge in [0.15, 0.2) is 0 Å². The van der Waals surface area contributed by atoms with Gasteiger partial charge >= 0.3 is 0 Å². The summed E-state index contributed by atoms with van der Waals surface area (Å²) < 4.78 is 0. The summed E-state index contributed by atoms with van der Waals surface area (Å²) in [5, 5.41) is 0. The zero-order chi connectivity index (χ0) is 39.0. The quantitative estimate of drug-likeness (QED) is 0.180. The Hall–Kier alpha value is -1.56. The number of benzene rings is 2. The molecule has 0 nitrogen and oxygen atoms in total. The second kappa shape index (κ2) is 20.6. The molecule has 0 radical (unpaired) electrons. The number of hydrogen-bond donors (Lipinski definition) is 0. The van der Waals surface area contributed by atoms with Crippen LogP contribution in [0.3, 0.4) is 0 Å². The zero-order valence-corrected chi connectivity index (χ0v) is 37.7. The Morgan fingerprint density at radius 1 is 0.411 bits per heavy atom. The first-order valence-electron chi connectivity index (χ1n) is 25.6. The van der Waals surface area contributed by atoms with Gasteiger partial charge in [0.25, 0.3) is 0 Å². The van der Waals surface area contributed by atoms with Gasteiger partial charge in [-0.25, -0.2) is 0 Å². The lowest BCUT2D eigenvalue weighted by Gasteiger charge is -2.54. The molecule has 0 aliphatic heterocycles. The van der Waals surface area contributed by atoms with Crippen molar-refractivity contribution < 1.29 is 0 Å². The lowest BCUT2D eigenvalue weighted by atomic mass is 9.51. The van der Waals surface area contributed by atoms with Crippen molar-refractivity contribution in [2.75, 3.05) is 0 Å². The van der Waals surface area contributed by atoms with Crippen LogP contribution in [0.1, 0.15) is 217 Å². The lowest BCUT2D eigenvalue weighted by molar-refractivity contribution is -0.0312. The van der Waals surface area contributed by atoms with Gasteiger partial charge in [-0.3, -0.25) is 0 Å². The minimum Gasteiger partial charge on any atom is -0.0654 e. The molecule has 5 aliphatic carbocycles. The fourth-order valence-electron chi connectivity index (χ4n) is 15.1. The molecular weight excluding hydrogens is 673 g/mol. The third-order valence-electron chi connectivity index (χ3n) is 18.5. The summed E-state index contributed by atoms with van der Waals surface area (Å²) >= 11 is 0. The molecule has 0 heteroatoms. The molecule has 10 atom stereocenters. The Morgan fingerprint density at radius 2 is 0.875 bits per heavy atom. The third-order valence-corrected chi connectivity index (χ3v) is 18.5. The Labute approximate surface area is 348 Å². The molecule has 56 heavy (non-hydrogen) atoms. The van der Waals surface area contributed by atoms with Crippen molar-refractivity contribution in [3.63, 3.8) is 0 Å². The van der Waals surface area contributed by atoms with Crippen molar-refractivity contribution in [3.05, 3.63) is 70.8 Å². The molecule has 0 N–H and O–H groups in total. The van der Waals surface area contributed by atoms with Crippen molar-refractivity contribution in [2.45, 2.75) is 207 Å². The van der Waals surface area contributed by atoms with E-state index in [2.05, 4.69) is 90.1 Å².